The first-order valence-electron chi connectivity index (χ1n) is 6.04. The molecule has 6 nitrogen and oxygen atoms in total. The number of carbonyl (C=O) groups is 1. The first-order chi connectivity index (χ1) is 10.0. The van der Waals surface area contributed by atoms with Crippen molar-refractivity contribution in [1.29, 1.82) is 0 Å². The first-order valence-corrected chi connectivity index (χ1v) is 6.42. The lowest BCUT2D eigenvalue weighted by Crippen LogP contribution is -1.99. The van der Waals surface area contributed by atoms with Crippen LogP contribution in [0, 0.1) is 0 Å². The summed E-state index contributed by atoms with van der Waals surface area (Å²) in [6.07, 6.45) is 1.52. The molecule has 0 amide bonds. The van der Waals surface area contributed by atoms with Crippen molar-refractivity contribution < 1.29 is 19.1 Å². The highest BCUT2D eigenvalue weighted by molar-refractivity contribution is 6.38. The molecule has 0 saturated carbocycles. The molecule has 0 aliphatic carbocycles. The maximum absolute atomic E-state index is 11.0. The second-order valence-corrected chi connectivity index (χ2v) is 4.83. The normalized spacial score (nSPS) is 11.0. The second-order valence-electron chi connectivity index (χ2n) is 4.45. The quantitative estimate of drug-likeness (QED) is 0.804. The van der Waals surface area contributed by atoms with Gasteiger partial charge in [0.1, 0.15) is 0 Å². The number of benzene rings is 1. The Morgan fingerprint density at radius 3 is 2.86 bits per heavy atom. The fourth-order valence-electron chi connectivity index (χ4n) is 2.24. The van der Waals surface area contributed by atoms with Crippen molar-refractivity contribution in [3.63, 3.8) is 0 Å². The van der Waals surface area contributed by atoms with Gasteiger partial charge in [0.15, 0.2) is 17.0 Å². The van der Waals surface area contributed by atoms with Crippen molar-refractivity contribution in [3.05, 3.63) is 35.2 Å². The van der Waals surface area contributed by atoms with Crippen LogP contribution in [0.2, 0.25) is 5.02 Å². The molecule has 2 heterocycles. The van der Waals surface area contributed by atoms with Crippen LogP contribution in [0.25, 0.3) is 22.2 Å². The van der Waals surface area contributed by atoms with Crippen molar-refractivity contribution in [2.45, 2.75) is 0 Å². The number of rotatable bonds is 3. The number of methoxy groups -OCH3 is 1. The minimum Gasteiger partial charge on any atom is -0.493 e. The molecule has 1 aromatic carbocycles. The van der Waals surface area contributed by atoms with E-state index in [0.29, 0.717) is 33.0 Å². The number of aryl methyl sites for hydroxylation is 1. The molecule has 21 heavy (non-hydrogen) atoms. The van der Waals surface area contributed by atoms with Crippen LogP contribution in [0.1, 0.15) is 10.5 Å². The molecule has 0 saturated heterocycles. The van der Waals surface area contributed by atoms with Gasteiger partial charge in [-0.1, -0.05) is 11.6 Å². The zero-order valence-electron chi connectivity index (χ0n) is 11.3. The van der Waals surface area contributed by atoms with Gasteiger partial charge in [-0.25, -0.2) is 4.79 Å². The fourth-order valence-corrected chi connectivity index (χ4v) is 2.54. The Balaban J connectivity index is 2.29. The summed E-state index contributed by atoms with van der Waals surface area (Å²) < 4.78 is 12.1. The summed E-state index contributed by atoms with van der Waals surface area (Å²) in [7, 11) is 3.19. The Morgan fingerprint density at radius 1 is 1.48 bits per heavy atom. The number of aromatic carboxylic acids is 1. The zero-order valence-corrected chi connectivity index (χ0v) is 12.0. The van der Waals surface area contributed by atoms with Gasteiger partial charge in [-0.15, -0.1) is 0 Å². The number of hydrogen-bond acceptors (Lipinski definition) is 4. The molecule has 0 bridgehead atoms. The third-order valence-corrected chi connectivity index (χ3v) is 3.64. The van der Waals surface area contributed by atoms with Gasteiger partial charge in [0.25, 0.3) is 0 Å². The Bertz CT molecular complexity index is 850. The number of ether oxygens (including phenoxy) is 1. The number of fused-ring (bicyclic) bond motifs is 1. The van der Waals surface area contributed by atoms with E-state index in [0.717, 1.165) is 0 Å². The van der Waals surface area contributed by atoms with E-state index in [1.54, 1.807) is 19.2 Å². The molecule has 0 fully saturated rings. The van der Waals surface area contributed by atoms with Gasteiger partial charge in [0.2, 0.25) is 0 Å². The smallest absolute Gasteiger partial charge is 0.356 e. The molecule has 3 rings (SSSR count). The number of nitrogens with zero attached hydrogens (tertiary/aromatic N) is 2. The minimum absolute atomic E-state index is 0.0465. The summed E-state index contributed by atoms with van der Waals surface area (Å²) in [6, 6.07) is 4.91. The third kappa shape index (κ3) is 2.04. The fraction of sp³-hybridized carbons (Fsp3) is 0.143. The van der Waals surface area contributed by atoms with E-state index >= 15 is 0 Å². The monoisotopic (exact) mass is 306 g/mol. The maximum atomic E-state index is 11.0. The van der Waals surface area contributed by atoms with Crippen LogP contribution >= 0.6 is 11.6 Å². The molecule has 0 radical (unpaired) electrons. The van der Waals surface area contributed by atoms with Crippen molar-refractivity contribution in [1.82, 2.24) is 9.78 Å². The summed E-state index contributed by atoms with van der Waals surface area (Å²) in [5.74, 6) is -0.572. The molecule has 0 atom stereocenters. The van der Waals surface area contributed by atoms with E-state index < -0.39 is 5.97 Å². The van der Waals surface area contributed by atoms with E-state index in [4.69, 9.17) is 25.9 Å². The van der Waals surface area contributed by atoms with E-state index in [-0.39, 0.29) is 5.69 Å². The second kappa shape index (κ2) is 4.82. The van der Waals surface area contributed by atoms with Crippen LogP contribution in [0.15, 0.2) is 28.9 Å². The SMILES string of the molecule is COc1cc(-c2cc(C(=O)O)nn2C)c(Cl)c2ccoc12. The van der Waals surface area contributed by atoms with Crippen LogP contribution in [-0.4, -0.2) is 28.0 Å². The van der Waals surface area contributed by atoms with Gasteiger partial charge in [-0.2, -0.15) is 5.10 Å². The number of aromatic nitrogens is 2. The predicted octanol–water partition coefficient (Wildman–Crippen LogP) is 3.19. The van der Waals surface area contributed by atoms with Crippen LogP contribution in [0.3, 0.4) is 0 Å². The van der Waals surface area contributed by atoms with Crippen molar-refractivity contribution >= 4 is 28.5 Å². The van der Waals surface area contributed by atoms with E-state index in [2.05, 4.69) is 5.10 Å². The Hall–Kier alpha value is -2.47. The zero-order chi connectivity index (χ0) is 15.1. The topological polar surface area (TPSA) is 77.5 Å². The predicted molar refractivity (Wildman–Crippen MR) is 76.9 cm³/mol. The van der Waals surface area contributed by atoms with Crippen molar-refractivity contribution in [3.8, 4) is 17.0 Å². The van der Waals surface area contributed by atoms with Gasteiger partial charge in [0.05, 0.1) is 24.1 Å². The number of carboxylic acid groups (broad SMARTS) is 1. The molecule has 0 unspecified atom stereocenters. The highest BCUT2D eigenvalue weighted by Gasteiger charge is 2.19. The van der Waals surface area contributed by atoms with Crippen LogP contribution < -0.4 is 4.74 Å². The molecule has 0 spiro atoms. The molecule has 2 aromatic heterocycles. The molecule has 1 N–H and O–H groups in total. The van der Waals surface area contributed by atoms with Crippen LogP contribution in [0.5, 0.6) is 5.75 Å². The highest BCUT2D eigenvalue weighted by Crippen LogP contribution is 2.40. The Labute approximate surface area is 124 Å². The third-order valence-electron chi connectivity index (χ3n) is 3.23. The summed E-state index contributed by atoms with van der Waals surface area (Å²) >= 11 is 6.40. The standard InChI is InChI=1S/C14H11ClN2O4/c1-17-10(6-9(16-17)14(18)19)8-5-11(20-2)13-7(12(8)15)3-4-21-13/h3-6H,1-2H3,(H,18,19). The maximum Gasteiger partial charge on any atom is 0.356 e. The van der Waals surface area contributed by atoms with E-state index in [1.165, 1.54) is 24.1 Å². The van der Waals surface area contributed by atoms with Crippen LogP contribution in [-0.2, 0) is 7.05 Å². The van der Waals surface area contributed by atoms with E-state index in [1.807, 2.05) is 0 Å². The Morgan fingerprint density at radius 2 is 2.24 bits per heavy atom. The first kappa shape index (κ1) is 13.5. The number of carboxylic acids is 1. The summed E-state index contributed by atoms with van der Waals surface area (Å²) in [4.78, 5) is 11.0. The van der Waals surface area contributed by atoms with Crippen molar-refractivity contribution in [2.24, 2.45) is 7.05 Å². The number of hydrogen-bond donors (Lipinski definition) is 1. The van der Waals surface area contributed by atoms with Gasteiger partial charge in [-0.05, 0) is 18.2 Å². The summed E-state index contributed by atoms with van der Waals surface area (Å²) in [5, 5.41) is 14.1. The van der Waals surface area contributed by atoms with Crippen molar-refractivity contribution in [2.75, 3.05) is 7.11 Å². The van der Waals surface area contributed by atoms with Gasteiger partial charge in [0, 0.05) is 18.0 Å². The lowest BCUT2D eigenvalue weighted by atomic mass is 10.1. The molecular weight excluding hydrogens is 296 g/mol. The average molecular weight is 307 g/mol. The lowest BCUT2D eigenvalue weighted by molar-refractivity contribution is 0.0689. The molecular formula is C14H11ClN2O4. The van der Waals surface area contributed by atoms with Gasteiger partial charge < -0.3 is 14.3 Å². The molecule has 0 aliphatic rings. The number of halogens is 1. The molecule has 108 valence electrons. The molecule has 3 aromatic rings. The van der Waals surface area contributed by atoms with Gasteiger partial charge in [-0.3, -0.25) is 4.68 Å². The summed E-state index contributed by atoms with van der Waals surface area (Å²) in [6.45, 7) is 0. The molecule has 7 heteroatoms. The Kier molecular flexibility index (Phi) is 3.10. The lowest BCUT2D eigenvalue weighted by Gasteiger charge is -2.09. The summed E-state index contributed by atoms with van der Waals surface area (Å²) in [5.41, 5.74) is 1.71. The molecule has 0 aliphatic heterocycles. The van der Waals surface area contributed by atoms with Gasteiger partial charge >= 0.3 is 5.97 Å². The minimum atomic E-state index is -1.09. The highest BCUT2D eigenvalue weighted by atomic mass is 35.5. The van der Waals surface area contributed by atoms with Crippen LogP contribution in [0.4, 0.5) is 0 Å². The van der Waals surface area contributed by atoms with E-state index in [9.17, 15) is 4.79 Å². The number of furan rings is 1. The average Bonchev–Trinajstić information content (AvgIpc) is 3.07. The largest absolute Gasteiger partial charge is 0.493 e.